The van der Waals surface area contributed by atoms with E-state index < -0.39 is 33.6 Å². The number of nitrogens with zero attached hydrogens (tertiary/aromatic N) is 1. The van der Waals surface area contributed by atoms with Gasteiger partial charge >= 0.3 is 0 Å². The zero-order valence-corrected chi connectivity index (χ0v) is 15.6. The summed E-state index contributed by atoms with van der Waals surface area (Å²) in [5.41, 5.74) is 0.293. The molecule has 0 saturated carbocycles. The van der Waals surface area contributed by atoms with E-state index in [1.165, 1.54) is 30.3 Å². The Hall–Kier alpha value is -2.19. The number of amides is 1. The third kappa shape index (κ3) is 4.70. The van der Waals surface area contributed by atoms with Gasteiger partial charge in [0.2, 0.25) is 15.9 Å². The van der Waals surface area contributed by atoms with Gasteiger partial charge in [0.25, 0.3) is 0 Å². The number of hydrogen-bond donors (Lipinski definition) is 1. The van der Waals surface area contributed by atoms with E-state index in [0.29, 0.717) is 5.02 Å². The fourth-order valence-electron chi connectivity index (χ4n) is 2.45. The highest BCUT2D eigenvalue weighted by molar-refractivity contribution is 7.92. The molecular weight excluding hydrogens is 386 g/mol. The average Bonchev–Trinajstić information content (AvgIpc) is 2.56. The second-order valence-corrected chi connectivity index (χ2v) is 7.87. The summed E-state index contributed by atoms with van der Waals surface area (Å²) in [6.45, 7) is 1.64. The van der Waals surface area contributed by atoms with Crippen LogP contribution in [0.15, 0.2) is 42.5 Å². The minimum absolute atomic E-state index is 0.0249. The summed E-state index contributed by atoms with van der Waals surface area (Å²) in [6, 6.07) is 7.79. The van der Waals surface area contributed by atoms with Gasteiger partial charge in [-0.15, -0.1) is 0 Å². The summed E-state index contributed by atoms with van der Waals surface area (Å²) in [4.78, 5) is 12.6. The summed E-state index contributed by atoms with van der Waals surface area (Å²) in [5, 5.41) is 2.83. The lowest BCUT2D eigenvalue weighted by Crippen LogP contribution is -2.47. The Morgan fingerprint density at radius 3 is 2.27 bits per heavy atom. The molecule has 0 aliphatic rings. The SMILES string of the molecule is CC[C@H](C(=O)Nc1ccc(F)c(F)c1)N(c1ccc(Cl)cc1)S(C)(=O)=O. The topological polar surface area (TPSA) is 66.5 Å². The van der Waals surface area contributed by atoms with Gasteiger partial charge in [0.1, 0.15) is 6.04 Å². The number of hydrogen-bond acceptors (Lipinski definition) is 3. The molecule has 0 radical (unpaired) electrons. The molecule has 0 aromatic heterocycles. The van der Waals surface area contributed by atoms with Crippen LogP contribution in [0.25, 0.3) is 0 Å². The molecule has 0 bridgehead atoms. The van der Waals surface area contributed by atoms with Crippen LogP contribution >= 0.6 is 11.6 Å². The lowest BCUT2D eigenvalue weighted by atomic mass is 10.1. The standard InChI is InChI=1S/C17H17ClF2N2O3S/c1-3-16(17(23)21-12-6-9-14(19)15(20)10-12)22(26(2,24)25)13-7-4-11(18)5-8-13/h4-10,16H,3H2,1-2H3,(H,21,23)/t16-/m1/s1. The van der Waals surface area contributed by atoms with Crippen molar-refractivity contribution in [3.05, 3.63) is 59.1 Å². The molecule has 0 fully saturated rings. The fourth-order valence-corrected chi connectivity index (χ4v) is 3.79. The molecule has 0 aliphatic heterocycles. The average molecular weight is 403 g/mol. The number of anilines is 2. The molecule has 1 amide bonds. The van der Waals surface area contributed by atoms with Crippen LogP contribution in [-0.2, 0) is 14.8 Å². The van der Waals surface area contributed by atoms with Crippen LogP contribution in [0.5, 0.6) is 0 Å². The molecule has 1 atom stereocenters. The van der Waals surface area contributed by atoms with E-state index in [9.17, 15) is 22.0 Å². The Kier molecular flexibility index (Phi) is 6.20. The van der Waals surface area contributed by atoms with Crippen LogP contribution in [-0.4, -0.2) is 26.6 Å². The van der Waals surface area contributed by atoms with Crippen molar-refractivity contribution in [2.24, 2.45) is 0 Å². The van der Waals surface area contributed by atoms with Crippen molar-refractivity contribution in [3.63, 3.8) is 0 Å². The van der Waals surface area contributed by atoms with E-state index in [4.69, 9.17) is 11.6 Å². The summed E-state index contributed by atoms with van der Waals surface area (Å²) < 4.78 is 51.9. The molecular formula is C17H17ClF2N2O3S. The third-order valence-corrected chi connectivity index (χ3v) is 5.03. The van der Waals surface area contributed by atoms with E-state index in [0.717, 1.165) is 22.7 Å². The molecule has 0 unspecified atom stereocenters. The largest absolute Gasteiger partial charge is 0.324 e. The van der Waals surface area contributed by atoms with Gasteiger partial charge in [-0.25, -0.2) is 17.2 Å². The summed E-state index contributed by atoms with van der Waals surface area (Å²) in [6.07, 6.45) is 1.14. The normalized spacial score (nSPS) is 12.5. The zero-order valence-electron chi connectivity index (χ0n) is 14.0. The lowest BCUT2D eigenvalue weighted by Gasteiger charge is -2.30. The van der Waals surface area contributed by atoms with Crippen LogP contribution < -0.4 is 9.62 Å². The molecule has 0 heterocycles. The second kappa shape index (κ2) is 8.01. The first-order valence-corrected chi connectivity index (χ1v) is 9.87. The highest BCUT2D eigenvalue weighted by Crippen LogP contribution is 2.25. The van der Waals surface area contributed by atoms with Crippen molar-refractivity contribution in [2.45, 2.75) is 19.4 Å². The van der Waals surface area contributed by atoms with Crippen LogP contribution in [0.1, 0.15) is 13.3 Å². The van der Waals surface area contributed by atoms with Gasteiger partial charge in [-0.1, -0.05) is 18.5 Å². The second-order valence-electron chi connectivity index (χ2n) is 5.58. The Morgan fingerprint density at radius 2 is 1.77 bits per heavy atom. The Labute approximate surface area is 155 Å². The molecule has 0 saturated heterocycles. The van der Waals surface area contributed by atoms with Crippen molar-refractivity contribution in [2.75, 3.05) is 15.9 Å². The van der Waals surface area contributed by atoms with E-state index >= 15 is 0 Å². The van der Waals surface area contributed by atoms with Crippen LogP contribution in [0, 0.1) is 11.6 Å². The van der Waals surface area contributed by atoms with Crippen LogP contribution in [0.3, 0.4) is 0 Å². The predicted molar refractivity (Wildman–Crippen MR) is 97.8 cm³/mol. The van der Waals surface area contributed by atoms with Gasteiger partial charge < -0.3 is 5.32 Å². The molecule has 9 heteroatoms. The predicted octanol–water partition coefficient (Wildman–Crippen LogP) is 3.80. The molecule has 0 aliphatic carbocycles. The van der Waals surface area contributed by atoms with Gasteiger partial charge in [0.15, 0.2) is 11.6 Å². The number of nitrogens with one attached hydrogen (secondary N) is 1. The monoisotopic (exact) mass is 402 g/mol. The van der Waals surface area contributed by atoms with Crippen molar-refractivity contribution in [1.29, 1.82) is 0 Å². The Balaban J connectivity index is 2.36. The molecule has 5 nitrogen and oxygen atoms in total. The molecule has 0 spiro atoms. The first-order chi connectivity index (χ1) is 12.1. The lowest BCUT2D eigenvalue weighted by molar-refractivity contribution is -0.117. The molecule has 1 N–H and O–H groups in total. The number of carbonyl (C=O) groups is 1. The summed E-state index contributed by atoms with van der Waals surface area (Å²) >= 11 is 5.83. The zero-order chi connectivity index (χ0) is 19.5. The van der Waals surface area contributed by atoms with Gasteiger partial charge in [-0.3, -0.25) is 9.10 Å². The van der Waals surface area contributed by atoms with Crippen molar-refractivity contribution < 1.29 is 22.0 Å². The number of carbonyl (C=O) groups excluding carboxylic acids is 1. The van der Waals surface area contributed by atoms with Crippen LogP contribution in [0.4, 0.5) is 20.2 Å². The minimum atomic E-state index is -3.80. The van der Waals surface area contributed by atoms with Crippen molar-refractivity contribution in [1.82, 2.24) is 0 Å². The van der Waals surface area contributed by atoms with Gasteiger partial charge in [0, 0.05) is 16.8 Å². The first kappa shape index (κ1) is 20.1. The fraction of sp³-hybridized carbons (Fsp3) is 0.235. The van der Waals surface area contributed by atoms with Gasteiger partial charge in [-0.2, -0.15) is 0 Å². The molecule has 26 heavy (non-hydrogen) atoms. The smallest absolute Gasteiger partial charge is 0.248 e. The molecule has 2 aromatic rings. The van der Waals surface area contributed by atoms with Crippen molar-refractivity contribution >= 4 is 38.9 Å². The maximum Gasteiger partial charge on any atom is 0.248 e. The van der Waals surface area contributed by atoms with E-state index in [1.807, 2.05) is 0 Å². The van der Waals surface area contributed by atoms with Crippen molar-refractivity contribution in [3.8, 4) is 0 Å². The van der Waals surface area contributed by atoms with Crippen LogP contribution in [0.2, 0.25) is 5.02 Å². The highest BCUT2D eigenvalue weighted by Gasteiger charge is 2.31. The summed E-state index contributed by atoms with van der Waals surface area (Å²) in [7, 11) is -3.80. The highest BCUT2D eigenvalue weighted by atomic mass is 35.5. The maximum atomic E-state index is 13.3. The Bertz CT molecular complexity index is 905. The third-order valence-electron chi connectivity index (χ3n) is 3.60. The molecule has 2 aromatic carbocycles. The number of halogens is 3. The molecule has 140 valence electrons. The minimum Gasteiger partial charge on any atom is -0.324 e. The number of rotatable bonds is 6. The van der Waals surface area contributed by atoms with E-state index in [2.05, 4.69) is 5.32 Å². The number of sulfonamides is 1. The van der Waals surface area contributed by atoms with Gasteiger partial charge in [-0.05, 0) is 42.8 Å². The first-order valence-electron chi connectivity index (χ1n) is 7.64. The Morgan fingerprint density at radius 1 is 1.15 bits per heavy atom. The quantitative estimate of drug-likeness (QED) is 0.799. The maximum absolute atomic E-state index is 13.3. The van der Waals surface area contributed by atoms with E-state index in [-0.39, 0.29) is 17.8 Å². The van der Waals surface area contributed by atoms with Gasteiger partial charge in [0.05, 0.1) is 11.9 Å². The van der Waals surface area contributed by atoms with E-state index in [1.54, 1.807) is 6.92 Å². The molecule has 2 rings (SSSR count). The summed E-state index contributed by atoms with van der Waals surface area (Å²) in [5.74, 6) is -2.83. The number of benzene rings is 2.